The third-order valence-electron chi connectivity index (χ3n) is 3.21. The van der Waals surface area contributed by atoms with Crippen LogP contribution in [0.15, 0.2) is 24.3 Å². The SMILES string of the molecule is CC(C)c1nnc(NC(=O)NC[C@@H]2COc3ccccc3O2)s1. The number of urea groups is 1. The number of nitrogens with zero attached hydrogens (tertiary/aromatic N) is 2. The van der Waals surface area contributed by atoms with Crippen LogP contribution in [0.25, 0.3) is 0 Å². The van der Waals surface area contributed by atoms with Crippen LogP contribution in [-0.2, 0) is 0 Å². The monoisotopic (exact) mass is 334 g/mol. The maximum absolute atomic E-state index is 11.9. The minimum atomic E-state index is -0.334. The average Bonchev–Trinajstić information content (AvgIpc) is 3.01. The Labute approximate surface area is 138 Å². The summed E-state index contributed by atoms with van der Waals surface area (Å²) >= 11 is 1.37. The van der Waals surface area contributed by atoms with Gasteiger partial charge in [0.15, 0.2) is 17.6 Å². The molecule has 8 heteroatoms. The second-order valence-electron chi connectivity index (χ2n) is 5.43. The van der Waals surface area contributed by atoms with Gasteiger partial charge in [0.2, 0.25) is 5.13 Å². The standard InChI is InChI=1S/C15H18N4O3S/c1-9(2)13-18-19-15(23-13)17-14(20)16-7-10-8-21-11-5-3-4-6-12(11)22-10/h3-6,9-10H,7-8H2,1-2H3,(H2,16,17,19,20)/t10-/m1/s1. The summed E-state index contributed by atoms with van der Waals surface area (Å²) in [5.74, 6) is 1.71. The summed E-state index contributed by atoms with van der Waals surface area (Å²) in [5, 5.41) is 14.8. The lowest BCUT2D eigenvalue weighted by molar-refractivity contribution is 0.0922. The van der Waals surface area contributed by atoms with Gasteiger partial charge in [0, 0.05) is 5.92 Å². The number of anilines is 1. The Balaban J connectivity index is 1.48. The Bertz CT molecular complexity index is 689. The molecule has 0 aliphatic carbocycles. The fraction of sp³-hybridized carbons (Fsp3) is 0.400. The first-order valence-corrected chi connectivity index (χ1v) is 8.20. The van der Waals surface area contributed by atoms with Crippen molar-refractivity contribution in [2.24, 2.45) is 0 Å². The Morgan fingerprint density at radius 2 is 2.13 bits per heavy atom. The Morgan fingerprint density at radius 1 is 1.35 bits per heavy atom. The number of hydrogen-bond donors (Lipinski definition) is 2. The summed E-state index contributed by atoms with van der Waals surface area (Å²) in [7, 11) is 0. The highest BCUT2D eigenvalue weighted by Gasteiger charge is 2.21. The quantitative estimate of drug-likeness (QED) is 0.898. The summed E-state index contributed by atoms with van der Waals surface area (Å²) < 4.78 is 11.4. The van der Waals surface area contributed by atoms with Crippen LogP contribution < -0.4 is 20.1 Å². The Morgan fingerprint density at radius 3 is 2.87 bits per heavy atom. The van der Waals surface area contributed by atoms with E-state index in [0.29, 0.717) is 30.0 Å². The predicted molar refractivity (Wildman–Crippen MR) is 87.4 cm³/mol. The van der Waals surface area contributed by atoms with Crippen LogP contribution >= 0.6 is 11.3 Å². The number of hydrogen-bond acceptors (Lipinski definition) is 6. The molecule has 0 bridgehead atoms. The van der Waals surface area contributed by atoms with Gasteiger partial charge in [-0.15, -0.1) is 10.2 Å². The third kappa shape index (κ3) is 3.89. The third-order valence-corrected chi connectivity index (χ3v) is 4.35. The number of ether oxygens (including phenoxy) is 2. The van der Waals surface area contributed by atoms with Crippen LogP contribution in [0.2, 0.25) is 0 Å². The molecule has 2 aromatic rings. The van der Waals surface area contributed by atoms with Gasteiger partial charge in [-0.3, -0.25) is 5.32 Å². The molecule has 1 aromatic heterocycles. The van der Waals surface area contributed by atoms with E-state index in [4.69, 9.17) is 9.47 Å². The van der Waals surface area contributed by atoms with Gasteiger partial charge in [0.05, 0.1) is 6.54 Å². The molecule has 3 rings (SSSR count). The van der Waals surface area contributed by atoms with Gasteiger partial charge < -0.3 is 14.8 Å². The number of carbonyl (C=O) groups excluding carboxylic acids is 1. The first-order chi connectivity index (χ1) is 11.1. The zero-order valence-corrected chi connectivity index (χ0v) is 13.7. The maximum atomic E-state index is 11.9. The topological polar surface area (TPSA) is 85.4 Å². The molecular formula is C15H18N4O3S. The number of aromatic nitrogens is 2. The Hall–Kier alpha value is -2.35. The molecule has 1 atom stereocenters. The van der Waals surface area contributed by atoms with Crippen LogP contribution in [0.1, 0.15) is 24.8 Å². The number of nitrogens with one attached hydrogen (secondary N) is 2. The van der Waals surface area contributed by atoms with Crippen molar-refractivity contribution in [2.45, 2.75) is 25.9 Å². The zero-order valence-electron chi connectivity index (χ0n) is 12.9. The first kappa shape index (κ1) is 15.5. The zero-order chi connectivity index (χ0) is 16.2. The molecule has 2 N–H and O–H groups in total. The van der Waals surface area contributed by atoms with Gasteiger partial charge in [0.25, 0.3) is 0 Å². The number of para-hydroxylation sites is 2. The smallest absolute Gasteiger partial charge is 0.321 e. The van der Waals surface area contributed by atoms with Crippen molar-refractivity contribution in [3.63, 3.8) is 0 Å². The lowest BCUT2D eigenvalue weighted by Crippen LogP contribution is -2.42. The van der Waals surface area contributed by atoms with Crippen molar-refractivity contribution >= 4 is 22.5 Å². The molecule has 0 saturated carbocycles. The molecule has 23 heavy (non-hydrogen) atoms. The normalized spacial score (nSPS) is 16.2. The van der Waals surface area contributed by atoms with Crippen LogP contribution in [-0.4, -0.2) is 35.5 Å². The van der Waals surface area contributed by atoms with Crippen molar-refractivity contribution in [1.82, 2.24) is 15.5 Å². The fourth-order valence-electron chi connectivity index (χ4n) is 2.03. The lowest BCUT2D eigenvalue weighted by Gasteiger charge is -2.26. The second kappa shape index (κ2) is 6.82. The minimum absolute atomic E-state index is 0.226. The predicted octanol–water partition coefficient (Wildman–Crippen LogP) is 2.62. The van der Waals surface area contributed by atoms with E-state index in [2.05, 4.69) is 20.8 Å². The highest BCUT2D eigenvalue weighted by atomic mass is 32.1. The summed E-state index contributed by atoms with van der Waals surface area (Å²) in [4.78, 5) is 11.9. The largest absolute Gasteiger partial charge is 0.486 e. The molecule has 2 heterocycles. The van der Waals surface area contributed by atoms with Gasteiger partial charge in [-0.25, -0.2) is 4.79 Å². The molecule has 0 fully saturated rings. The summed E-state index contributed by atoms with van der Waals surface area (Å²) in [5.41, 5.74) is 0. The average molecular weight is 334 g/mol. The number of rotatable bonds is 4. The molecule has 1 aliphatic heterocycles. The van der Waals surface area contributed by atoms with Crippen molar-refractivity contribution in [3.8, 4) is 11.5 Å². The maximum Gasteiger partial charge on any atom is 0.321 e. The van der Waals surface area contributed by atoms with Crippen molar-refractivity contribution in [2.75, 3.05) is 18.5 Å². The molecule has 122 valence electrons. The second-order valence-corrected chi connectivity index (χ2v) is 6.44. The van der Waals surface area contributed by atoms with Crippen LogP contribution in [0.3, 0.4) is 0 Å². The molecule has 0 unspecified atom stereocenters. The van der Waals surface area contributed by atoms with Crippen LogP contribution in [0, 0.1) is 0 Å². The molecule has 1 aliphatic rings. The highest BCUT2D eigenvalue weighted by Crippen LogP contribution is 2.30. The van der Waals surface area contributed by atoms with E-state index < -0.39 is 0 Å². The highest BCUT2D eigenvalue weighted by molar-refractivity contribution is 7.15. The molecule has 0 saturated heterocycles. The summed E-state index contributed by atoms with van der Waals surface area (Å²) in [6.07, 6.45) is -0.226. The van der Waals surface area contributed by atoms with Gasteiger partial charge in [-0.05, 0) is 12.1 Å². The lowest BCUT2D eigenvalue weighted by atomic mass is 10.2. The molecule has 0 spiro atoms. The molecule has 0 radical (unpaired) electrons. The molecule has 1 aromatic carbocycles. The van der Waals surface area contributed by atoms with E-state index >= 15 is 0 Å². The number of fused-ring (bicyclic) bond motifs is 1. The van der Waals surface area contributed by atoms with Gasteiger partial charge in [0.1, 0.15) is 11.6 Å². The van der Waals surface area contributed by atoms with E-state index in [-0.39, 0.29) is 12.1 Å². The fourth-order valence-corrected chi connectivity index (χ4v) is 2.77. The van der Waals surface area contributed by atoms with E-state index in [0.717, 1.165) is 10.8 Å². The van der Waals surface area contributed by atoms with E-state index in [1.165, 1.54) is 11.3 Å². The summed E-state index contributed by atoms with van der Waals surface area (Å²) in [6, 6.07) is 7.14. The summed E-state index contributed by atoms with van der Waals surface area (Å²) in [6.45, 7) is 4.80. The number of amides is 2. The van der Waals surface area contributed by atoms with E-state index in [1.807, 2.05) is 38.1 Å². The number of carbonyl (C=O) groups is 1. The van der Waals surface area contributed by atoms with E-state index in [1.54, 1.807) is 0 Å². The van der Waals surface area contributed by atoms with Crippen molar-refractivity contribution < 1.29 is 14.3 Å². The van der Waals surface area contributed by atoms with Crippen molar-refractivity contribution in [3.05, 3.63) is 29.3 Å². The first-order valence-electron chi connectivity index (χ1n) is 7.38. The Kier molecular flexibility index (Phi) is 4.61. The minimum Gasteiger partial charge on any atom is -0.486 e. The van der Waals surface area contributed by atoms with Gasteiger partial charge in [-0.1, -0.05) is 37.3 Å². The molecule has 2 amide bonds. The van der Waals surface area contributed by atoms with Crippen molar-refractivity contribution in [1.29, 1.82) is 0 Å². The van der Waals surface area contributed by atoms with Gasteiger partial charge in [-0.2, -0.15) is 0 Å². The van der Waals surface area contributed by atoms with E-state index in [9.17, 15) is 4.79 Å². The van der Waals surface area contributed by atoms with Gasteiger partial charge >= 0.3 is 6.03 Å². The molecule has 7 nitrogen and oxygen atoms in total. The molecular weight excluding hydrogens is 316 g/mol. The van der Waals surface area contributed by atoms with Crippen LogP contribution in [0.5, 0.6) is 11.5 Å². The number of benzene rings is 1. The van der Waals surface area contributed by atoms with Crippen LogP contribution in [0.4, 0.5) is 9.93 Å².